The maximum atomic E-state index is 12.8. The fraction of sp³-hybridized carbons (Fsp3) is 0. The van der Waals surface area contributed by atoms with Gasteiger partial charge in [0, 0.05) is 34.5 Å². The number of aromatic amines is 1. The molecule has 6 rings (SSSR count). The summed E-state index contributed by atoms with van der Waals surface area (Å²) >= 11 is 0. The first-order chi connectivity index (χ1) is 16.3. The van der Waals surface area contributed by atoms with Crippen molar-refractivity contribution in [3.8, 4) is 22.8 Å². The van der Waals surface area contributed by atoms with E-state index in [2.05, 4.69) is 25.5 Å². The molecular weight excluding hydrogens is 414 g/mol. The van der Waals surface area contributed by atoms with Gasteiger partial charge in [0.2, 0.25) is 5.82 Å². The normalized spacial score (nSPS) is 11.2. The van der Waals surface area contributed by atoms with Crippen LogP contribution in [0.5, 0.6) is 0 Å². The number of benzene rings is 2. The Kier molecular flexibility index (Phi) is 4.40. The van der Waals surface area contributed by atoms with Crippen molar-refractivity contribution in [1.82, 2.24) is 29.8 Å². The first kappa shape index (κ1) is 18.9. The lowest BCUT2D eigenvalue weighted by molar-refractivity contribution is 0.102. The van der Waals surface area contributed by atoms with Crippen LogP contribution in [0, 0.1) is 0 Å². The fourth-order valence-electron chi connectivity index (χ4n) is 3.78. The second-order valence-electron chi connectivity index (χ2n) is 7.51. The van der Waals surface area contributed by atoms with Gasteiger partial charge in [-0.05, 0) is 42.5 Å². The summed E-state index contributed by atoms with van der Waals surface area (Å²) in [4.78, 5) is 20.2. The number of nitrogens with one attached hydrogen (secondary N) is 2. The van der Waals surface area contributed by atoms with E-state index in [4.69, 9.17) is 5.10 Å². The molecule has 158 valence electrons. The zero-order valence-corrected chi connectivity index (χ0v) is 17.3. The van der Waals surface area contributed by atoms with Crippen LogP contribution in [-0.2, 0) is 0 Å². The molecule has 2 aromatic carbocycles. The fourth-order valence-corrected chi connectivity index (χ4v) is 3.78. The molecule has 0 aliphatic heterocycles. The topological polar surface area (TPSA) is 101 Å². The zero-order chi connectivity index (χ0) is 22.2. The van der Waals surface area contributed by atoms with Crippen LogP contribution in [0.15, 0.2) is 91.3 Å². The summed E-state index contributed by atoms with van der Waals surface area (Å²) in [7, 11) is 0. The molecule has 0 aliphatic rings. The molecule has 2 N–H and O–H groups in total. The molecule has 0 saturated carbocycles. The van der Waals surface area contributed by atoms with E-state index in [0.29, 0.717) is 28.4 Å². The summed E-state index contributed by atoms with van der Waals surface area (Å²) in [6.07, 6.45) is 3.44. The van der Waals surface area contributed by atoms with Gasteiger partial charge in [-0.15, -0.1) is 10.2 Å². The Morgan fingerprint density at radius 1 is 0.848 bits per heavy atom. The van der Waals surface area contributed by atoms with E-state index in [-0.39, 0.29) is 5.91 Å². The van der Waals surface area contributed by atoms with Gasteiger partial charge in [0.1, 0.15) is 5.69 Å². The molecule has 8 nitrogen and oxygen atoms in total. The minimum absolute atomic E-state index is 0.163. The van der Waals surface area contributed by atoms with Gasteiger partial charge in [-0.25, -0.2) is 0 Å². The van der Waals surface area contributed by atoms with Crippen LogP contribution in [0.1, 0.15) is 10.4 Å². The second kappa shape index (κ2) is 7.69. The Hall–Kier alpha value is -4.85. The van der Waals surface area contributed by atoms with Crippen LogP contribution >= 0.6 is 0 Å². The number of rotatable bonds is 4. The summed E-state index contributed by atoms with van der Waals surface area (Å²) in [5, 5.41) is 17.0. The first-order valence-corrected chi connectivity index (χ1v) is 10.4. The van der Waals surface area contributed by atoms with Gasteiger partial charge in [0.25, 0.3) is 5.91 Å². The lowest BCUT2D eigenvalue weighted by Gasteiger charge is -2.07. The maximum absolute atomic E-state index is 12.8. The Bertz CT molecular complexity index is 1600. The zero-order valence-electron chi connectivity index (χ0n) is 17.3. The van der Waals surface area contributed by atoms with Crippen molar-refractivity contribution in [3.05, 3.63) is 96.8 Å². The number of carbonyl (C=O) groups is 1. The van der Waals surface area contributed by atoms with E-state index in [1.807, 2.05) is 78.9 Å². The molecule has 0 fully saturated rings. The second-order valence-corrected chi connectivity index (χ2v) is 7.51. The third kappa shape index (κ3) is 3.39. The Morgan fingerprint density at radius 3 is 2.55 bits per heavy atom. The molecule has 0 saturated heterocycles. The molecule has 0 unspecified atom stereocenters. The summed E-state index contributed by atoms with van der Waals surface area (Å²) in [6.45, 7) is 0. The van der Waals surface area contributed by atoms with Crippen molar-refractivity contribution in [2.45, 2.75) is 0 Å². The van der Waals surface area contributed by atoms with Crippen LogP contribution in [0.3, 0.4) is 0 Å². The largest absolute Gasteiger partial charge is 0.360 e. The Balaban J connectivity index is 1.27. The van der Waals surface area contributed by atoms with E-state index in [9.17, 15) is 4.79 Å². The highest BCUT2D eigenvalue weighted by atomic mass is 16.1. The predicted molar refractivity (Wildman–Crippen MR) is 126 cm³/mol. The van der Waals surface area contributed by atoms with Crippen LogP contribution in [0.2, 0.25) is 0 Å². The van der Waals surface area contributed by atoms with Gasteiger partial charge in [-0.2, -0.15) is 9.61 Å². The van der Waals surface area contributed by atoms with Crippen molar-refractivity contribution >= 4 is 28.1 Å². The standard InChI is InChI=1S/C25H17N7O/c33-25(19-15-27-21-6-2-1-5-18(19)21)28-17-10-8-16(9-11-17)20-12-13-23-29-30-24(32(23)31-20)22-7-3-4-14-26-22/h1-15,27H,(H,28,33). The average Bonchev–Trinajstić information content (AvgIpc) is 3.49. The molecule has 1 amide bonds. The lowest BCUT2D eigenvalue weighted by Crippen LogP contribution is -2.11. The third-order valence-electron chi connectivity index (χ3n) is 5.43. The SMILES string of the molecule is O=C(Nc1ccc(-c2ccc3nnc(-c4ccccn4)n3n2)cc1)c1c[nH]c2ccccc12. The van der Waals surface area contributed by atoms with Crippen LogP contribution in [0.4, 0.5) is 5.69 Å². The van der Waals surface area contributed by atoms with Gasteiger partial charge >= 0.3 is 0 Å². The van der Waals surface area contributed by atoms with Crippen molar-refractivity contribution in [2.75, 3.05) is 5.32 Å². The summed E-state index contributed by atoms with van der Waals surface area (Å²) < 4.78 is 1.68. The maximum Gasteiger partial charge on any atom is 0.257 e. The molecule has 0 spiro atoms. The van der Waals surface area contributed by atoms with E-state index in [1.54, 1.807) is 16.9 Å². The van der Waals surface area contributed by atoms with Gasteiger partial charge in [-0.1, -0.05) is 36.4 Å². The highest BCUT2D eigenvalue weighted by Gasteiger charge is 2.13. The number of carbonyl (C=O) groups excluding carboxylic acids is 1. The first-order valence-electron chi connectivity index (χ1n) is 10.4. The monoisotopic (exact) mass is 431 g/mol. The van der Waals surface area contributed by atoms with Gasteiger partial charge in [-0.3, -0.25) is 9.78 Å². The molecule has 0 aliphatic carbocycles. The molecule has 33 heavy (non-hydrogen) atoms. The predicted octanol–water partition coefficient (Wildman–Crippen LogP) is 4.59. The lowest BCUT2D eigenvalue weighted by atomic mass is 10.1. The quantitative estimate of drug-likeness (QED) is 0.425. The van der Waals surface area contributed by atoms with Gasteiger partial charge < -0.3 is 10.3 Å². The summed E-state index contributed by atoms with van der Waals surface area (Å²) in [5.74, 6) is 0.416. The van der Waals surface area contributed by atoms with E-state index < -0.39 is 0 Å². The summed E-state index contributed by atoms with van der Waals surface area (Å²) in [5.41, 5.74) is 5.24. The molecule has 0 radical (unpaired) electrons. The highest BCUT2D eigenvalue weighted by Crippen LogP contribution is 2.23. The van der Waals surface area contributed by atoms with Crippen molar-refractivity contribution in [3.63, 3.8) is 0 Å². The van der Waals surface area contributed by atoms with Crippen molar-refractivity contribution in [1.29, 1.82) is 0 Å². The number of anilines is 1. The average molecular weight is 431 g/mol. The highest BCUT2D eigenvalue weighted by molar-refractivity contribution is 6.12. The Morgan fingerprint density at radius 2 is 1.70 bits per heavy atom. The van der Waals surface area contributed by atoms with Crippen molar-refractivity contribution < 1.29 is 4.79 Å². The number of amides is 1. The molecule has 4 aromatic heterocycles. The number of hydrogen-bond acceptors (Lipinski definition) is 5. The van der Waals surface area contributed by atoms with E-state index >= 15 is 0 Å². The van der Waals surface area contributed by atoms with Crippen molar-refractivity contribution in [2.24, 2.45) is 0 Å². The van der Waals surface area contributed by atoms with E-state index in [1.165, 1.54) is 0 Å². The van der Waals surface area contributed by atoms with Crippen LogP contribution in [0.25, 0.3) is 39.3 Å². The van der Waals surface area contributed by atoms with Crippen LogP contribution < -0.4 is 5.32 Å². The van der Waals surface area contributed by atoms with E-state index in [0.717, 1.165) is 22.2 Å². The molecule has 0 bridgehead atoms. The van der Waals surface area contributed by atoms with Crippen LogP contribution in [-0.4, -0.2) is 35.7 Å². The number of pyridine rings is 1. The number of nitrogens with zero attached hydrogens (tertiary/aromatic N) is 5. The third-order valence-corrected chi connectivity index (χ3v) is 5.43. The molecule has 6 aromatic rings. The Labute approximate surface area is 188 Å². The molecule has 4 heterocycles. The summed E-state index contributed by atoms with van der Waals surface area (Å²) in [6, 6.07) is 24.7. The van der Waals surface area contributed by atoms with Gasteiger partial charge in [0.05, 0.1) is 11.3 Å². The number of aromatic nitrogens is 6. The minimum atomic E-state index is -0.163. The number of H-pyrrole nitrogens is 1. The minimum Gasteiger partial charge on any atom is -0.360 e. The molecule has 0 atom stereocenters. The number of para-hydroxylation sites is 1. The molecule has 8 heteroatoms. The molecular formula is C25H17N7O. The van der Waals surface area contributed by atoms with Gasteiger partial charge in [0.15, 0.2) is 5.65 Å². The number of fused-ring (bicyclic) bond motifs is 2. The smallest absolute Gasteiger partial charge is 0.257 e. The number of hydrogen-bond donors (Lipinski definition) is 2.